The van der Waals surface area contributed by atoms with Gasteiger partial charge in [-0.3, -0.25) is 0 Å². The fourth-order valence-corrected chi connectivity index (χ4v) is 2.33. The molecule has 0 aliphatic heterocycles. The average molecular weight is 341 g/mol. The highest BCUT2D eigenvalue weighted by Gasteiger charge is 2.12. The first kappa shape index (κ1) is 15.8. The van der Waals surface area contributed by atoms with Gasteiger partial charge in [-0.1, -0.05) is 66.7 Å². The zero-order chi connectivity index (χ0) is 17.6. The molecule has 5 nitrogen and oxygen atoms in total. The smallest absolute Gasteiger partial charge is 0.328 e. The topological polar surface area (TPSA) is 57.1 Å². The number of aromatic nitrogens is 3. The van der Waals surface area contributed by atoms with E-state index in [1.54, 1.807) is 0 Å². The Hall–Kier alpha value is -3.73. The summed E-state index contributed by atoms with van der Waals surface area (Å²) >= 11 is 0. The molecule has 4 rings (SSSR count). The van der Waals surface area contributed by atoms with Gasteiger partial charge >= 0.3 is 12.0 Å². The number of ether oxygens (including phenoxy) is 2. The zero-order valence-corrected chi connectivity index (χ0v) is 13.8. The number of nitrogens with zero attached hydrogens (tertiary/aromatic N) is 3. The monoisotopic (exact) mass is 341 g/mol. The van der Waals surface area contributed by atoms with Crippen LogP contribution >= 0.6 is 0 Å². The van der Waals surface area contributed by atoms with Gasteiger partial charge in [-0.2, -0.15) is 9.97 Å². The van der Waals surface area contributed by atoms with Crippen molar-refractivity contribution < 1.29 is 9.47 Å². The van der Waals surface area contributed by atoms with Crippen molar-refractivity contribution >= 4 is 0 Å². The number of hydrogen-bond acceptors (Lipinski definition) is 5. The molecule has 1 aromatic heterocycles. The van der Waals surface area contributed by atoms with Crippen LogP contribution in [0.4, 0.5) is 0 Å². The molecule has 0 saturated carbocycles. The van der Waals surface area contributed by atoms with Crippen LogP contribution in [0.1, 0.15) is 0 Å². The third-order valence-electron chi connectivity index (χ3n) is 3.53. The lowest BCUT2D eigenvalue weighted by atomic mass is 10.2. The van der Waals surface area contributed by atoms with Gasteiger partial charge in [0.25, 0.3) is 0 Å². The Kier molecular flexibility index (Phi) is 4.52. The van der Waals surface area contributed by atoms with Crippen molar-refractivity contribution in [3.8, 4) is 34.9 Å². The van der Waals surface area contributed by atoms with Crippen LogP contribution in [0.15, 0.2) is 91.0 Å². The molecule has 126 valence electrons. The first-order valence-electron chi connectivity index (χ1n) is 8.14. The SMILES string of the molecule is c1ccc(Oc2nc(Oc3ccccc3)nc(-c3ccccc3)n2)cc1. The van der Waals surface area contributed by atoms with Crippen LogP contribution in [-0.2, 0) is 0 Å². The van der Waals surface area contributed by atoms with Crippen LogP contribution in [0.3, 0.4) is 0 Å². The molecule has 0 saturated heterocycles. The highest BCUT2D eigenvalue weighted by molar-refractivity contribution is 5.55. The molecule has 0 bridgehead atoms. The Morgan fingerprint density at radius 1 is 0.462 bits per heavy atom. The lowest BCUT2D eigenvalue weighted by Gasteiger charge is -2.09. The first-order valence-corrected chi connectivity index (χ1v) is 8.14. The third kappa shape index (κ3) is 3.84. The van der Waals surface area contributed by atoms with Crippen molar-refractivity contribution in [1.82, 2.24) is 15.0 Å². The van der Waals surface area contributed by atoms with Crippen molar-refractivity contribution in [1.29, 1.82) is 0 Å². The number of rotatable bonds is 5. The maximum Gasteiger partial charge on any atom is 0.328 e. The van der Waals surface area contributed by atoms with E-state index in [1.807, 2.05) is 91.0 Å². The zero-order valence-electron chi connectivity index (χ0n) is 13.8. The summed E-state index contributed by atoms with van der Waals surface area (Å²) in [4.78, 5) is 13.1. The minimum absolute atomic E-state index is 0.177. The van der Waals surface area contributed by atoms with Crippen LogP contribution < -0.4 is 9.47 Å². The summed E-state index contributed by atoms with van der Waals surface area (Å²) in [7, 11) is 0. The lowest BCUT2D eigenvalue weighted by molar-refractivity contribution is 0.398. The summed E-state index contributed by atoms with van der Waals surface area (Å²) < 4.78 is 11.6. The van der Waals surface area contributed by atoms with Crippen LogP contribution in [0.5, 0.6) is 23.5 Å². The molecule has 0 radical (unpaired) electrons. The molecule has 4 aromatic rings. The molecular weight excluding hydrogens is 326 g/mol. The molecule has 0 spiro atoms. The molecule has 0 unspecified atom stereocenters. The third-order valence-corrected chi connectivity index (χ3v) is 3.53. The molecule has 1 heterocycles. The second-order valence-corrected chi connectivity index (χ2v) is 5.42. The van der Waals surface area contributed by atoms with Gasteiger partial charge in [-0.05, 0) is 24.3 Å². The van der Waals surface area contributed by atoms with Crippen LogP contribution in [0.2, 0.25) is 0 Å². The van der Waals surface area contributed by atoms with Crippen molar-refractivity contribution in [2.45, 2.75) is 0 Å². The molecule has 0 amide bonds. The Morgan fingerprint density at radius 2 is 0.885 bits per heavy atom. The maximum absolute atomic E-state index is 5.78. The Bertz CT molecular complexity index is 918. The van der Waals surface area contributed by atoms with Crippen molar-refractivity contribution in [2.24, 2.45) is 0 Å². The van der Waals surface area contributed by atoms with E-state index in [2.05, 4.69) is 15.0 Å². The lowest BCUT2D eigenvalue weighted by Crippen LogP contribution is -2.00. The fourth-order valence-electron chi connectivity index (χ4n) is 2.33. The minimum Gasteiger partial charge on any atom is -0.424 e. The summed E-state index contributed by atoms with van der Waals surface area (Å²) in [5.74, 6) is 1.77. The molecular formula is C21H15N3O2. The predicted molar refractivity (Wildman–Crippen MR) is 98.3 cm³/mol. The van der Waals surface area contributed by atoms with E-state index in [4.69, 9.17) is 9.47 Å². The van der Waals surface area contributed by atoms with E-state index in [1.165, 1.54) is 0 Å². The second-order valence-electron chi connectivity index (χ2n) is 5.42. The van der Waals surface area contributed by atoms with E-state index in [9.17, 15) is 0 Å². The van der Waals surface area contributed by atoms with Crippen LogP contribution in [0, 0.1) is 0 Å². The molecule has 0 aliphatic carbocycles. The van der Waals surface area contributed by atoms with Gasteiger partial charge in [0.15, 0.2) is 5.82 Å². The summed E-state index contributed by atoms with van der Waals surface area (Å²) in [6.45, 7) is 0. The number of benzene rings is 3. The van der Waals surface area contributed by atoms with E-state index in [0.29, 0.717) is 17.3 Å². The van der Waals surface area contributed by atoms with Crippen molar-refractivity contribution in [3.05, 3.63) is 91.0 Å². The van der Waals surface area contributed by atoms with E-state index < -0.39 is 0 Å². The second kappa shape index (κ2) is 7.44. The molecule has 26 heavy (non-hydrogen) atoms. The van der Waals surface area contributed by atoms with E-state index >= 15 is 0 Å². The van der Waals surface area contributed by atoms with Crippen LogP contribution in [0.25, 0.3) is 11.4 Å². The fraction of sp³-hybridized carbons (Fsp3) is 0. The van der Waals surface area contributed by atoms with Gasteiger partial charge < -0.3 is 9.47 Å². The largest absolute Gasteiger partial charge is 0.424 e. The summed E-state index contributed by atoms with van der Waals surface area (Å²) in [6, 6.07) is 28.7. The normalized spacial score (nSPS) is 10.3. The van der Waals surface area contributed by atoms with Gasteiger partial charge in [-0.15, -0.1) is 4.98 Å². The standard InChI is InChI=1S/C21H15N3O2/c1-4-10-16(11-5-1)19-22-20(25-17-12-6-2-7-13-17)24-21(23-19)26-18-14-8-3-9-15-18/h1-15H. The average Bonchev–Trinajstić information content (AvgIpc) is 2.70. The molecule has 0 aliphatic rings. The maximum atomic E-state index is 5.78. The Labute approximate surface area is 150 Å². The summed E-state index contributed by atoms with van der Waals surface area (Å²) in [5, 5.41) is 0. The number of para-hydroxylation sites is 2. The van der Waals surface area contributed by atoms with Gasteiger partial charge in [0.1, 0.15) is 11.5 Å². The molecule has 0 fully saturated rings. The molecule has 0 atom stereocenters. The summed E-state index contributed by atoms with van der Waals surface area (Å²) in [6.07, 6.45) is 0. The Morgan fingerprint density at radius 3 is 1.35 bits per heavy atom. The summed E-state index contributed by atoms with van der Waals surface area (Å²) in [5.41, 5.74) is 0.853. The van der Waals surface area contributed by atoms with Gasteiger partial charge in [0, 0.05) is 5.56 Å². The highest BCUT2D eigenvalue weighted by atomic mass is 16.5. The first-order chi connectivity index (χ1) is 12.9. The van der Waals surface area contributed by atoms with E-state index in [-0.39, 0.29) is 12.0 Å². The van der Waals surface area contributed by atoms with Gasteiger partial charge in [0.05, 0.1) is 0 Å². The predicted octanol–water partition coefficient (Wildman–Crippen LogP) is 5.12. The quantitative estimate of drug-likeness (QED) is 0.504. The van der Waals surface area contributed by atoms with Crippen LogP contribution in [-0.4, -0.2) is 15.0 Å². The minimum atomic E-state index is 0.177. The van der Waals surface area contributed by atoms with Gasteiger partial charge in [0.2, 0.25) is 0 Å². The van der Waals surface area contributed by atoms with E-state index in [0.717, 1.165) is 5.56 Å². The van der Waals surface area contributed by atoms with Gasteiger partial charge in [-0.25, -0.2) is 0 Å². The molecule has 0 N–H and O–H groups in total. The van der Waals surface area contributed by atoms with Crippen molar-refractivity contribution in [3.63, 3.8) is 0 Å². The Balaban J connectivity index is 1.72. The molecule has 3 aromatic carbocycles. The number of hydrogen-bond donors (Lipinski definition) is 0. The highest BCUT2D eigenvalue weighted by Crippen LogP contribution is 2.25. The molecule has 5 heteroatoms. The van der Waals surface area contributed by atoms with Crippen molar-refractivity contribution in [2.75, 3.05) is 0 Å².